The molecule has 0 saturated carbocycles. The third kappa shape index (κ3) is 3.42. The molecule has 2 fully saturated rings. The van der Waals surface area contributed by atoms with E-state index in [9.17, 15) is 0 Å². The van der Waals surface area contributed by atoms with E-state index in [0.717, 1.165) is 32.7 Å². The van der Waals surface area contributed by atoms with Gasteiger partial charge in [0.2, 0.25) is 0 Å². The summed E-state index contributed by atoms with van der Waals surface area (Å²) in [6.07, 6.45) is 7.56. The molecule has 0 aliphatic carbocycles. The van der Waals surface area contributed by atoms with Crippen molar-refractivity contribution >= 4 is 0 Å². The Bertz CT molecular complexity index is 189. The Hall–Kier alpha value is -0.160. The summed E-state index contributed by atoms with van der Waals surface area (Å²) in [6, 6.07) is 0.393. The molecule has 0 bridgehead atoms. The second-order valence-electron chi connectivity index (χ2n) is 4.96. The highest BCUT2D eigenvalue weighted by Crippen LogP contribution is 2.23. The van der Waals surface area contributed by atoms with Crippen molar-refractivity contribution in [2.75, 3.05) is 19.8 Å². The number of hydrogen-bond donors (Lipinski definition) is 2. The molecule has 0 aromatic rings. The SMILES string of the molecule is NNC(CCC1CCCO1)C1CCCOC1. The van der Waals surface area contributed by atoms with E-state index in [0.29, 0.717) is 18.1 Å². The average molecular weight is 228 g/mol. The lowest BCUT2D eigenvalue weighted by atomic mass is 9.90. The van der Waals surface area contributed by atoms with E-state index in [1.807, 2.05) is 0 Å². The summed E-state index contributed by atoms with van der Waals surface area (Å²) in [6.45, 7) is 2.72. The summed E-state index contributed by atoms with van der Waals surface area (Å²) in [5.41, 5.74) is 2.96. The van der Waals surface area contributed by atoms with Crippen LogP contribution in [0.3, 0.4) is 0 Å². The number of hydrogen-bond acceptors (Lipinski definition) is 4. The van der Waals surface area contributed by atoms with Crippen LogP contribution < -0.4 is 11.3 Å². The van der Waals surface area contributed by atoms with Gasteiger partial charge in [0.05, 0.1) is 12.7 Å². The van der Waals surface area contributed by atoms with Gasteiger partial charge in [-0.05, 0) is 44.4 Å². The summed E-state index contributed by atoms with van der Waals surface area (Å²) in [4.78, 5) is 0. The third-order valence-electron chi connectivity index (χ3n) is 3.80. The van der Waals surface area contributed by atoms with Crippen LogP contribution in [0.2, 0.25) is 0 Å². The van der Waals surface area contributed by atoms with E-state index >= 15 is 0 Å². The fraction of sp³-hybridized carbons (Fsp3) is 1.00. The van der Waals surface area contributed by atoms with Crippen molar-refractivity contribution in [2.45, 2.75) is 50.7 Å². The lowest BCUT2D eigenvalue weighted by molar-refractivity contribution is 0.0332. The maximum Gasteiger partial charge on any atom is 0.0576 e. The fourth-order valence-electron chi connectivity index (χ4n) is 2.78. The van der Waals surface area contributed by atoms with Gasteiger partial charge < -0.3 is 9.47 Å². The Kier molecular flexibility index (Phi) is 5.03. The number of ether oxygens (including phenoxy) is 2. The van der Waals surface area contributed by atoms with Gasteiger partial charge in [-0.1, -0.05) is 0 Å². The fourth-order valence-corrected chi connectivity index (χ4v) is 2.78. The molecule has 0 amide bonds. The van der Waals surface area contributed by atoms with Crippen LogP contribution in [0.4, 0.5) is 0 Å². The molecule has 0 aromatic heterocycles. The largest absolute Gasteiger partial charge is 0.381 e. The first-order chi connectivity index (χ1) is 7.90. The Labute approximate surface area is 97.8 Å². The summed E-state index contributed by atoms with van der Waals surface area (Å²) in [7, 11) is 0. The maximum absolute atomic E-state index is 5.64. The molecular weight excluding hydrogens is 204 g/mol. The molecule has 3 N–H and O–H groups in total. The minimum Gasteiger partial charge on any atom is -0.381 e. The summed E-state index contributed by atoms with van der Waals surface area (Å²) in [5.74, 6) is 6.23. The Balaban J connectivity index is 1.70. The number of hydrazine groups is 1. The van der Waals surface area contributed by atoms with E-state index in [1.54, 1.807) is 0 Å². The highest BCUT2D eigenvalue weighted by molar-refractivity contribution is 4.78. The lowest BCUT2D eigenvalue weighted by Crippen LogP contribution is -2.44. The van der Waals surface area contributed by atoms with Gasteiger partial charge in [-0.2, -0.15) is 0 Å². The predicted molar refractivity (Wildman–Crippen MR) is 62.9 cm³/mol. The number of rotatable bonds is 5. The van der Waals surface area contributed by atoms with E-state index in [4.69, 9.17) is 15.3 Å². The van der Waals surface area contributed by atoms with Crippen molar-refractivity contribution in [1.82, 2.24) is 5.43 Å². The number of nitrogens with two attached hydrogens (primary N) is 1. The molecule has 2 saturated heterocycles. The van der Waals surface area contributed by atoms with Crippen LogP contribution in [0, 0.1) is 5.92 Å². The van der Waals surface area contributed by atoms with Crippen molar-refractivity contribution in [2.24, 2.45) is 11.8 Å². The van der Waals surface area contributed by atoms with Crippen LogP contribution >= 0.6 is 0 Å². The average Bonchev–Trinajstić information content (AvgIpc) is 2.84. The molecule has 2 aliphatic heterocycles. The van der Waals surface area contributed by atoms with Crippen LogP contribution in [0.15, 0.2) is 0 Å². The normalized spacial score (nSPS) is 32.8. The van der Waals surface area contributed by atoms with E-state index < -0.39 is 0 Å². The van der Waals surface area contributed by atoms with Gasteiger partial charge in [-0.3, -0.25) is 11.3 Å². The first kappa shape index (κ1) is 12.3. The minimum atomic E-state index is 0.393. The van der Waals surface area contributed by atoms with Gasteiger partial charge in [-0.15, -0.1) is 0 Å². The first-order valence-electron chi connectivity index (χ1n) is 6.55. The van der Waals surface area contributed by atoms with E-state index in [2.05, 4.69) is 5.43 Å². The zero-order valence-electron chi connectivity index (χ0n) is 9.99. The molecule has 4 nitrogen and oxygen atoms in total. The molecule has 16 heavy (non-hydrogen) atoms. The number of nitrogens with one attached hydrogen (secondary N) is 1. The van der Waals surface area contributed by atoms with E-state index in [1.165, 1.54) is 25.7 Å². The first-order valence-corrected chi connectivity index (χ1v) is 6.55. The van der Waals surface area contributed by atoms with Gasteiger partial charge in [0.1, 0.15) is 0 Å². The Morgan fingerprint density at radius 2 is 2.12 bits per heavy atom. The van der Waals surface area contributed by atoms with Crippen LogP contribution in [0.1, 0.15) is 38.5 Å². The molecule has 2 aliphatic rings. The molecule has 0 aromatic carbocycles. The summed E-state index contributed by atoms with van der Waals surface area (Å²) in [5, 5.41) is 0. The molecule has 3 unspecified atom stereocenters. The van der Waals surface area contributed by atoms with Crippen LogP contribution in [-0.4, -0.2) is 32.0 Å². The van der Waals surface area contributed by atoms with Crippen LogP contribution in [-0.2, 0) is 9.47 Å². The van der Waals surface area contributed by atoms with Gasteiger partial charge in [0.15, 0.2) is 0 Å². The van der Waals surface area contributed by atoms with Gasteiger partial charge in [-0.25, -0.2) is 0 Å². The highest BCUT2D eigenvalue weighted by atomic mass is 16.5. The molecule has 2 rings (SSSR count). The van der Waals surface area contributed by atoms with Crippen molar-refractivity contribution in [1.29, 1.82) is 0 Å². The van der Waals surface area contributed by atoms with E-state index in [-0.39, 0.29) is 0 Å². The molecule has 0 spiro atoms. The van der Waals surface area contributed by atoms with Gasteiger partial charge in [0, 0.05) is 19.3 Å². The zero-order valence-corrected chi connectivity index (χ0v) is 9.99. The summed E-state index contributed by atoms with van der Waals surface area (Å²) >= 11 is 0. The van der Waals surface area contributed by atoms with Crippen molar-refractivity contribution < 1.29 is 9.47 Å². The molecule has 3 atom stereocenters. The minimum absolute atomic E-state index is 0.393. The topological polar surface area (TPSA) is 56.5 Å². The monoisotopic (exact) mass is 228 g/mol. The second kappa shape index (κ2) is 6.55. The smallest absolute Gasteiger partial charge is 0.0576 e. The lowest BCUT2D eigenvalue weighted by Gasteiger charge is -2.30. The summed E-state index contributed by atoms with van der Waals surface area (Å²) < 4.78 is 11.1. The van der Waals surface area contributed by atoms with Gasteiger partial charge >= 0.3 is 0 Å². The van der Waals surface area contributed by atoms with Crippen molar-refractivity contribution in [3.63, 3.8) is 0 Å². The van der Waals surface area contributed by atoms with Crippen LogP contribution in [0.25, 0.3) is 0 Å². The molecule has 4 heteroatoms. The van der Waals surface area contributed by atoms with Gasteiger partial charge in [0.25, 0.3) is 0 Å². The quantitative estimate of drug-likeness (QED) is 0.548. The van der Waals surface area contributed by atoms with Crippen molar-refractivity contribution in [3.8, 4) is 0 Å². The molecular formula is C12H24N2O2. The molecule has 94 valence electrons. The Morgan fingerprint density at radius 3 is 2.75 bits per heavy atom. The standard InChI is InChI=1S/C12H24N2O2/c13-14-12(10-3-1-7-15-9-10)6-5-11-4-2-8-16-11/h10-12,14H,1-9,13H2. The Morgan fingerprint density at radius 1 is 1.25 bits per heavy atom. The molecule has 0 radical (unpaired) electrons. The predicted octanol–water partition coefficient (Wildman–Crippen LogP) is 1.20. The highest BCUT2D eigenvalue weighted by Gasteiger charge is 2.25. The zero-order chi connectivity index (χ0) is 11.2. The van der Waals surface area contributed by atoms with Crippen LogP contribution in [0.5, 0.6) is 0 Å². The maximum atomic E-state index is 5.64. The second-order valence-corrected chi connectivity index (χ2v) is 4.96. The third-order valence-corrected chi connectivity index (χ3v) is 3.80. The van der Waals surface area contributed by atoms with Crippen molar-refractivity contribution in [3.05, 3.63) is 0 Å². The molecule has 2 heterocycles.